The molecule has 38 heavy (non-hydrogen) atoms. The van der Waals surface area contributed by atoms with Crippen molar-refractivity contribution in [1.29, 1.82) is 0 Å². The van der Waals surface area contributed by atoms with Crippen molar-refractivity contribution in [2.45, 2.75) is 100 Å². The van der Waals surface area contributed by atoms with Gasteiger partial charge in [-0.15, -0.1) is 0 Å². The van der Waals surface area contributed by atoms with Crippen LogP contribution in [0.4, 0.5) is 0 Å². The van der Waals surface area contributed by atoms with Gasteiger partial charge in [0.15, 0.2) is 6.29 Å². The highest BCUT2D eigenvalue weighted by Gasteiger charge is 2.55. The molecule has 0 spiro atoms. The minimum absolute atomic E-state index is 0.191. The second-order valence-electron chi connectivity index (χ2n) is 9.79. The summed E-state index contributed by atoms with van der Waals surface area (Å²) in [7, 11) is 0. The maximum Gasteiger partial charge on any atom is 0.364 e. The van der Waals surface area contributed by atoms with E-state index in [9.17, 15) is 45.3 Å². The van der Waals surface area contributed by atoms with E-state index in [2.05, 4.69) is 5.32 Å². The Morgan fingerprint density at radius 3 is 2.42 bits per heavy atom. The summed E-state index contributed by atoms with van der Waals surface area (Å²) in [4.78, 5) is 23.9. The molecule has 222 valence electrons. The molecule has 0 aromatic carbocycles. The van der Waals surface area contributed by atoms with E-state index in [-0.39, 0.29) is 6.61 Å². The molecule has 15 nitrogen and oxygen atoms in total. The van der Waals surface area contributed by atoms with Gasteiger partial charge < -0.3 is 65.7 Å². The number of aliphatic carboxylic acids is 1. The van der Waals surface area contributed by atoms with Crippen molar-refractivity contribution >= 4 is 11.9 Å². The lowest BCUT2D eigenvalue weighted by Crippen LogP contribution is -2.66. The Balaban J connectivity index is 2.19. The molecule has 0 aromatic rings. The number of carbonyl (C=O) groups excluding carboxylic acids is 1. The number of ether oxygens (including phenoxy) is 4. The van der Waals surface area contributed by atoms with Crippen molar-refractivity contribution in [3.8, 4) is 0 Å². The first-order valence-electron chi connectivity index (χ1n) is 12.7. The topological polar surface area (TPSA) is 251 Å². The Hall–Kier alpha value is -1.50. The van der Waals surface area contributed by atoms with Crippen molar-refractivity contribution in [2.75, 3.05) is 26.4 Å². The van der Waals surface area contributed by atoms with E-state index in [0.29, 0.717) is 13.0 Å². The Labute approximate surface area is 220 Å². The normalized spacial score (nSPS) is 37.4. The third kappa shape index (κ3) is 8.02. The number of carbonyl (C=O) groups is 2. The van der Waals surface area contributed by atoms with Gasteiger partial charge in [-0.25, -0.2) is 4.79 Å². The highest BCUT2D eigenvalue weighted by atomic mass is 16.7. The predicted molar refractivity (Wildman–Crippen MR) is 127 cm³/mol. The summed E-state index contributed by atoms with van der Waals surface area (Å²) in [5, 5.41) is 73.6. The maximum atomic E-state index is 12.2. The molecule has 3 unspecified atom stereocenters. The van der Waals surface area contributed by atoms with E-state index in [0.717, 1.165) is 12.8 Å². The fraction of sp³-hybridized carbons (Fsp3) is 0.913. The number of carboxylic acids is 1. The van der Waals surface area contributed by atoms with E-state index in [1.165, 1.54) is 13.8 Å². The molecule has 15 heteroatoms. The van der Waals surface area contributed by atoms with Gasteiger partial charge in [-0.3, -0.25) is 4.79 Å². The van der Waals surface area contributed by atoms with Gasteiger partial charge in [0.05, 0.1) is 25.4 Å². The van der Waals surface area contributed by atoms with E-state index >= 15 is 0 Å². The van der Waals surface area contributed by atoms with Crippen LogP contribution in [-0.2, 0) is 28.5 Å². The van der Waals surface area contributed by atoms with Gasteiger partial charge >= 0.3 is 5.97 Å². The maximum absolute atomic E-state index is 12.2. The third-order valence-electron chi connectivity index (χ3n) is 6.86. The van der Waals surface area contributed by atoms with Crippen LogP contribution in [-0.4, -0.2) is 135 Å². The fourth-order valence-corrected chi connectivity index (χ4v) is 4.49. The second kappa shape index (κ2) is 14.8. The second-order valence-corrected chi connectivity index (χ2v) is 9.79. The molecule has 11 atom stereocenters. The zero-order valence-electron chi connectivity index (χ0n) is 21.6. The zero-order chi connectivity index (χ0) is 28.6. The summed E-state index contributed by atoms with van der Waals surface area (Å²) < 4.78 is 22.5. The number of aliphatic hydroxyl groups excluding tert-OH is 6. The minimum Gasteiger partial charge on any atom is -0.477 e. The summed E-state index contributed by atoms with van der Waals surface area (Å²) in [6, 6.07) is -1.13. The minimum atomic E-state index is -2.52. The van der Waals surface area contributed by atoms with Gasteiger partial charge in [-0.2, -0.15) is 0 Å². The first kappa shape index (κ1) is 32.7. The first-order chi connectivity index (χ1) is 17.9. The Bertz CT molecular complexity index is 761. The standard InChI is InChI=1S/C23H42N2O13/c1-11-13(28)8-23(22(33)34,38-20(11)17(30)14(29)9-26)36-10-15-18(31)19(32)16(25-12(2)27)21(37-15)35-7-5-3-4-6-24/h11,13-21,26,28-32H,3-10,24H2,1-2H3,(H,25,27)(H,33,34)/t11-,13-,14-,15?,16?,17-,18-,19-,20?,21-,23-/m1/s1. The van der Waals surface area contributed by atoms with Crippen molar-refractivity contribution < 1.29 is 64.3 Å². The summed E-state index contributed by atoms with van der Waals surface area (Å²) in [5.41, 5.74) is 5.48. The molecule has 2 heterocycles. The average molecular weight is 555 g/mol. The van der Waals surface area contributed by atoms with Crippen LogP contribution in [0, 0.1) is 5.92 Å². The van der Waals surface area contributed by atoms with Crippen molar-refractivity contribution in [2.24, 2.45) is 11.7 Å². The summed E-state index contributed by atoms with van der Waals surface area (Å²) in [6.07, 6.45) is -10.4. The van der Waals surface area contributed by atoms with Gasteiger partial charge in [-0.05, 0) is 25.8 Å². The molecule has 0 saturated carbocycles. The van der Waals surface area contributed by atoms with Crippen molar-refractivity contribution in [3.63, 3.8) is 0 Å². The molecular formula is C23H42N2O13. The van der Waals surface area contributed by atoms with Crippen LogP contribution in [0.25, 0.3) is 0 Å². The van der Waals surface area contributed by atoms with Crippen LogP contribution in [0.5, 0.6) is 0 Å². The van der Waals surface area contributed by atoms with Crippen LogP contribution in [0.1, 0.15) is 39.5 Å². The van der Waals surface area contributed by atoms with Crippen molar-refractivity contribution in [3.05, 3.63) is 0 Å². The molecule has 2 rings (SSSR count). The van der Waals surface area contributed by atoms with Crippen molar-refractivity contribution in [1.82, 2.24) is 5.32 Å². The third-order valence-corrected chi connectivity index (χ3v) is 6.86. The lowest BCUT2D eigenvalue weighted by Gasteiger charge is -2.47. The molecule has 1 amide bonds. The smallest absolute Gasteiger partial charge is 0.364 e. The zero-order valence-corrected chi connectivity index (χ0v) is 21.6. The lowest BCUT2D eigenvalue weighted by atomic mass is 9.84. The van der Waals surface area contributed by atoms with Crippen LogP contribution in [0.3, 0.4) is 0 Å². The monoisotopic (exact) mass is 554 g/mol. The van der Waals surface area contributed by atoms with E-state index < -0.39 is 98.3 Å². The number of amides is 1. The van der Waals surface area contributed by atoms with Gasteiger partial charge in [0, 0.05) is 25.9 Å². The molecule has 0 radical (unpaired) electrons. The highest BCUT2D eigenvalue weighted by molar-refractivity contribution is 5.76. The Morgan fingerprint density at radius 2 is 1.84 bits per heavy atom. The fourth-order valence-electron chi connectivity index (χ4n) is 4.49. The largest absolute Gasteiger partial charge is 0.477 e. The summed E-state index contributed by atoms with van der Waals surface area (Å²) >= 11 is 0. The quantitative estimate of drug-likeness (QED) is 0.0940. The van der Waals surface area contributed by atoms with Crippen LogP contribution >= 0.6 is 0 Å². The predicted octanol–water partition coefficient (Wildman–Crippen LogP) is -3.62. The summed E-state index contributed by atoms with van der Waals surface area (Å²) in [6.45, 7) is 1.89. The average Bonchev–Trinajstić information content (AvgIpc) is 2.87. The highest BCUT2D eigenvalue weighted by Crippen LogP contribution is 2.37. The van der Waals surface area contributed by atoms with E-state index in [1.807, 2.05) is 0 Å². The van der Waals surface area contributed by atoms with E-state index in [4.69, 9.17) is 24.7 Å². The molecule has 2 aliphatic heterocycles. The number of nitrogens with one attached hydrogen (secondary N) is 1. The molecule has 0 aromatic heterocycles. The van der Waals surface area contributed by atoms with Crippen LogP contribution in [0.2, 0.25) is 0 Å². The molecule has 0 aliphatic carbocycles. The van der Waals surface area contributed by atoms with E-state index in [1.54, 1.807) is 0 Å². The molecule has 2 saturated heterocycles. The van der Waals surface area contributed by atoms with Crippen LogP contribution < -0.4 is 11.1 Å². The number of rotatable bonds is 14. The number of nitrogens with two attached hydrogens (primary N) is 1. The molecule has 10 N–H and O–H groups in total. The number of aliphatic hydroxyl groups is 6. The number of hydrogen-bond donors (Lipinski definition) is 9. The van der Waals surface area contributed by atoms with Gasteiger partial charge in [0.2, 0.25) is 5.91 Å². The van der Waals surface area contributed by atoms with Gasteiger partial charge in [-0.1, -0.05) is 6.92 Å². The lowest BCUT2D eigenvalue weighted by molar-refractivity contribution is -0.335. The molecular weight excluding hydrogens is 512 g/mol. The molecule has 0 bridgehead atoms. The number of unbranched alkanes of at least 4 members (excludes halogenated alkanes) is 2. The van der Waals surface area contributed by atoms with Gasteiger partial charge in [0.25, 0.3) is 5.79 Å². The molecule has 2 aliphatic rings. The van der Waals surface area contributed by atoms with Gasteiger partial charge in [0.1, 0.15) is 36.6 Å². The summed E-state index contributed by atoms with van der Waals surface area (Å²) in [5.74, 6) is -5.52. The molecule has 2 fully saturated rings. The van der Waals surface area contributed by atoms with Crippen LogP contribution in [0.15, 0.2) is 0 Å². The Morgan fingerprint density at radius 1 is 1.16 bits per heavy atom. The first-order valence-corrected chi connectivity index (χ1v) is 12.7. The Kier molecular flexibility index (Phi) is 12.7. The SMILES string of the molecule is CC(=O)NC1[C@H](OCCCCCN)OC(CO[C@]2(C(=O)O)C[C@@H](O)[C@@H](C)C([C@H](O)[C@H](O)CO)O2)[C@@H](O)[C@@H]1O. The number of hydrogen-bond acceptors (Lipinski definition) is 13. The number of carboxylic acid groups (broad SMARTS) is 1.